The summed E-state index contributed by atoms with van der Waals surface area (Å²) in [4.78, 5) is 15.6. The molecule has 13 heteroatoms. The number of benzene rings is 3. The molecular formula is C30H24F3N4O4S2+. The fourth-order valence-corrected chi connectivity index (χ4v) is 6.20. The van der Waals surface area contributed by atoms with Crippen molar-refractivity contribution >= 4 is 27.7 Å². The number of hydrogen-bond acceptors (Lipinski definition) is 5. The third-order valence-corrected chi connectivity index (χ3v) is 9.03. The lowest BCUT2D eigenvalue weighted by atomic mass is 9.94. The fraction of sp³-hybridized carbons (Fsp3) is 0.167. The van der Waals surface area contributed by atoms with Crippen LogP contribution in [0, 0.1) is 23.4 Å². The Balaban J connectivity index is 1.54. The van der Waals surface area contributed by atoms with Gasteiger partial charge in [-0.05, 0) is 76.9 Å². The van der Waals surface area contributed by atoms with Gasteiger partial charge in [-0.25, -0.2) is 27.6 Å². The van der Waals surface area contributed by atoms with Gasteiger partial charge in [0.15, 0.2) is 5.69 Å². The molecular weight excluding hydrogens is 601 g/mol. The number of nitrogens with two attached hydrogens (primary N) is 1. The van der Waals surface area contributed by atoms with Crippen LogP contribution in [0.1, 0.15) is 40.2 Å². The minimum Gasteiger partial charge on any atom is -0.476 e. The van der Waals surface area contributed by atoms with Gasteiger partial charge >= 0.3 is 16.4 Å². The maximum Gasteiger partial charge on any atom is 0.355 e. The number of carboxylic acid groups (broad SMARTS) is 1. The molecule has 0 amide bonds. The number of carboxylic acids is 1. The lowest BCUT2D eigenvalue weighted by Crippen LogP contribution is -2.20. The lowest BCUT2D eigenvalue weighted by Gasteiger charge is -2.11. The van der Waals surface area contributed by atoms with Crippen LogP contribution in [0.3, 0.4) is 0 Å². The Kier molecular flexibility index (Phi) is 7.50. The smallest absolute Gasteiger partial charge is 0.355 e. The van der Waals surface area contributed by atoms with E-state index in [0.717, 1.165) is 30.2 Å². The number of thiazole rings is 1. The van der Waals surface area contributed by atoms with E-state index in [4.69, 9.17) is 10.2 Å². The van der Waals surface area contributed by atoms with Crippen LogP contribution in [0.5, 0.6) is 0 Å². The molecule has 0 spiro atoms. The molecule has 1 unspecified atom stereocenters. The number of aromatic carboxylic acids is 1. The summed E-state index contributed by atoms with van der Waals surface area (Å²) < 4.78 is 67.1. The van der Waals surface area contributed by atoms with E-state index in [0.29, 0.717) is 45.5 Å². The molecule has 4 N–H and O–H groups in total. The van der Waals surface area contributed by atoms with Gasteiger partial charge < -0.3 is 5.11 Å². The summed E-state index contributed by atoms with van der Waals surface area (Å²) in [6, 6.07) is 13.4. The first kappa shape index (κ1) is 28.9. The van der Waals surface area contributed by atoms with Crippen molar-refractivity contribution in [1.29, 1.82) is 0 Å². The SMILES string of the molecule is N[S+](=O)(O)c1ccc(Cc2c(-c3ccc(F)c(-c4ccc(F)cc4)c3)nn(-c3nc(C(=O)O)cs3)c2CC2CC2)c(F)c1. The number of carbonyl (C=O) groups is 1. The second kappa shape index (κ2) is 11.2. The monoisotopic (exact) mass is 625 g/mol. The molecule has 43 heavy (non-hydrogen) atoms. The van der Waals surface area contributed by atoms with Crippen LogP contribution < -0.4 is 5.14 Å². The van der Waals surface area contributed by atoms with Crippen molar-refractivity contribution in [3.63, 3.8) is 0 Å². The zero-order valence-corrected chi connectivity index (χ0v) is 24.0. The van der Waals surface area contributed by atoms with Crippen LogP contribution in [0.15, 0.2) is 70.9 Å². The molecule has 1 fully saturated rings. The highest BCUT2D eigenvalue weighted by molar-refractivity contribution is 7.95. The van der Waals surface area contributed by atoms with Crippen molar-refractivity contribution in [1.82, 2.24) is 14.8 Å². The lowest BCUT2D eigenvalue weighted by molar-refractivity contribution is 0.0691. The highest BCUT2D eigenvalue weighted by atomic mass is 32.3. The minimum atomic E-state index is -3.88. The van der Waals surface area contributed by atoms with Gasteiger partial charge in [-0.1, -0.05) is 18.2 Å². The van der Waals surface area contributed by atoms with Crippen molar-refractivity contribution in [2.24, 2.45) is 11.1 Å². The Bertz CT molecular complexity index is 1910. The van der Waals surface area contributed by atoms with Crippen molar-refractivity contribution in [3.8, 4) is 27.5 Å². The number of nitrogens with zero attached hydrogens (tertiary/aromatic N) is 3. The summed E-state index contributed by atoms with van der Waals surface area (Å²) >= 11 is 1.09. The zero-order chi connectivity index (χ0) is 30.5. The zero-order valence-electron chi connectivity index (χ0n) is 22.3. The van der Waals surface area contributed by atoms with E-state index in [2.05, 4.69) is 4.98 Å². The first-order chi connectivity index (χ1) is 20.5. The molecule has 3 aromatic carbocycles. The maximum atomic E-state index is 15.3. The molecule has 1 aliphatic carbocycles. The van der Waals surface area contributed by atoms with Crippen molar-refractivity contribution in [2.45, 2.75) is 30.6 Å². The molecule has 5 aromatic rings. The van der Waals surface area contributed by atoms with E-state index >= 15 is 8.78 Å². The Morgan fingerprint density at radius 3 is 2.37 bits per heavy atom. The molecule has 0 saturated heterocycles. The Morgan fingerprint density at radius 2 is 1.74 bits per heavy atom. The van der Waals surface area contributed by atoms with E-state index in [1.165, 1.54) is 47.8 Å². The minimum absolute atomic E-state index is 0.0150. The van der Waals surface area contributed by atoms with Crippen LogP contribution in [-0.2, 0) is 27.5 Å². The highest BCUT2D eigenvalue weighted by Gasteiger charge is 2.31. The first-order valence-corrected chi connectivity index (χ1v) is 15.6. The molecule has 6 rings (SSSR count). The second-order valence-electron chi connectivity index (χ2n) is 10.4. The molecule has 2 heterocycles. The summed E-state index contributed by atoms with van der Waals surface area (Å²) in [5, 5.41) is 21.3. The summed E-state index contributed by atoms with van der Waals surface area (Å²) in [7, 11) is -3.88. The Hall–Kier alpha value is -4.17. The van der Waals surface area contributed by atoms with Crippen LogP contribution in [-0.4, -0.2) is 30.4 Å². The van der Waals surface area contributed by atoms with Crippen molar-refractivity contribution in [3.05, 3.63) is 106 Å². The standard InChI is InChI=1S/C30H23F3N4O4S2/c31-20-7-3-17(4-8-20)22-13-19(6-10-24(22)32)28-23(12-18-5-9-21(14-25(18)33)43(34,40)41)27(11-16-1-2-16)37(36-28)30-35-26(15-42-30)29(38)39/h3-10,13-16H,1-2,11-12H2,(H3-,34,38,39,40,41)/p+1. The Morgan fingerprint density at radius 1 is 1.02 bits per heavy atom. The van der Waals surface area contributed by atoms with Gasteiger partial charge in [-0.15, -0.1) is 16.5 Å². The number of hydrogen-bond donors (Lipinski definition) is 3. The third-order valence-electron chi connectivity index (χ3n) is 7.29. The quantitative estimate of drug-likeness (QED) is 0.160. The topological polar surface area (TPSA) is 131 Å². The normalized spacial score (nSPS) is 14.5. The molecule has 1 aliphatic rings. The van der Waals surface area contributed by atoms with Gasteiger partial charge in [0.2, 0.25) is 10.0 Å². The average Bonchev–Trinajstić information content (AvgIpc) is 3.52. The van der Waals surface area contributed by atoms with Crippen LogP contribution in [0.4, 0.5) is 13.2 Å². The van der Waals surface area contributed by atoms with E-state index < -0.39 is 33.8 Å². The molecule has 0 aliphatic heterocycles. The van der Waals surface area contributed by atoms with Crippen molar-refractivity contribution < 1.29 is 31.8 Å². The molecule has 8 nitrogen and oxygen atoms in total. The largest absolute Gasteiger partial charge is 0.476 e. The predicted octanol–water partition coefficient (Wildman–Crippen LogP) is 6.53. The molecule has 1 saturated carbocycles. The van der Waals surface area contributed by atoms with E-state index in [9.17, 15) is 23.1 Å². The van der Waals surface area contributed by atoms with Gasteiger partial charge in [0, 0.05) is 34.6 Å². The highest BCUT2D eigenvalue weighted by Crippen LogP contribution is 2.39. The van der Waals surface area contributed by atoms with Crippen LogP contribution >= 0.6 is 11.3 Å². The number of halogens is 3. The number of rotatable bonds is 9. The molecule has 2 aromatic heterocycles. The maximum absolute atomic E-state index is 15.3. The van der Waals surface area contributed by atoms with Gasteiger partial charge in [0.1, 0.15) is 17.5 Å². The van der Waals surface area contributed by atoms with Gasteiger partial charge in [-0.3, -0.25) is 0 Å². The van der Waals surface area contributed by atoms with Crippen LogP contribution in [0.2, 0.25) is 0 Å². The van der Waals surface area contributed by atoms with Gasteiger partial charge in [-0.2, -0.15) is 9.65 Å². The summed E-state index contributed by atoms with van der Waals surface area (Å²) in [5.41, 5.74) is 2.92. The molecule has 0 bridgehead atoms. The molecule has 1 atom stereocenters. The van der Waals surface area contributed by atoms with Gasteiger partial charge in [0.05, 0.1) is 11.4 Å². The summed E-state index contributed by atoms with van der Waals surface area (Å²) in [5.74, 6) is -2.59. The molecule has 0 radical (unpaired) electrons. The second-order valence-corrected chi connectivity index (χ2v) is 12.8. The van der Waals surface area contributed by atoms with Gasteiger partial charge in [0.25, 0.3) is 0 Å². The van der Waals surface area contributed by atoms with E-state index in [1.807, 2.05) is 0 Å². The number of aromatic nitrogens is 3. The van der Waals surface area contributed by atoms with Crippen LogP contribution in [0.25, 0.3) is 27.5 Å². The van der Waals surface area contributed by atoms with Crippen molar-refractivity contribution in [2.75, 3.05) is 0 Å². The predicted molar refractivity (Wildman–Crippen MR) is 156 cm³/mol. The third kappa shape index (κ3) is 6.02. The summed E-state index contributed by atoms with van der Waals surface area (Å²) in [6.45, 7) is 0. The Labute approximate surface area is 249 Å². The van der Waals surface area contributed by atoms with E-state index in [1.54, 1.807) is 16.8 Å². The average molecular weight is 626 g/mol. The van der Waals surface area contributed by atoms with E-state index in [-0.39, 0.29) is 28.1 Å². The molecule has 220 valence electrons. The first-order valence-electron chi connectivity index (χ1n) is 13.2. The summed E-state index contributed by atoms with van der Waals surface area (Å²) in [6.07, 6.45) is 2.53. The fourth-order valence-electron chi connectivity index (χ4n) is 4.89.